The quantitative estimate of drug-likeness (QED) is 0.428. The lowest BCUT2D eigenvalue weighted by Crippen LogP contribution is -2.33. The van der Waals surface area contributed by atoms with E-state index in [0.717, 1.165) is 0 Å². The second-order valence-corrected chi connectivity index (χ2v) is 8.34. The second kappa shape index (κ2) is 9.61. The zero-order chi connectivity index (χ0) is 21.8. The van der Waals surface area contributed by atoms with Crippen LogP contribution in [0.4, 0.5) is 0 Å². The number of nitrogens with one attached hydrogen (secondary N) is 2. The van der Waals surface area contributed by atoms with Gasteiger partial charge in [-0.15, -0.1) is 0 Å². The molecule has 1 aromatic heterocycles. The number of aromatic amines is 1. The highest BCUT2D eigenvalue weighted by molar-refractivity contribution is 7.45. The second-order valence-electron chi connectivity index (χ2n) is 7.07. The van der Waals surface area contributed by atoms with Crippen LogP contribution in [0.15, 0.2) is 40.1 Å². The Bertz CT molecular complexity index is 1040. The van der Waals surface area contributed by atoms with E-state index in [2.05, 4.69) is 10.1 Å². The molecule has 166 valence electrons. The molecule has 31 heavy (non-hydrogen) atoms. The van der Waals surface area contributed by atoms with Gasteiger partial charge in [0.15, 0.2) is 11.5 Å². The minimum Gasteiger partial charge on any atom is -0.454 e. The first-order valence-corrected chi connectivity index (χ1v) is 10.9. The molecule has 12 heteroatoms. The van der Waals surface area contributed by atoms with Crippen molar-refractivity contribution in [3.63, 3.8) is 0 Å². The third-order valence-corrected chi connectivity index (χ3v) is 5.99. The van der Waals surface area contributed by atoms with Crippen LogP contribution in [0.3, 0.4) is 0 Å². The number of carbonyl (C=O) groups excluding carboxylic acids is 1. The van der Waals surface area contributed by atoms with Gasteiger partial charge in [-0.25, -0.2) is 9.88 Å². The van der Waals surface area contributed by atoms with Crippen molar-refractivity contribution in [1.82, 2.24) is 14.6 Å². The van der Waals surface area contributed by atoms with Gasteiger partial charge in [-0.3, -0.25) is 14.3 Å². The van der Waals surface area contributed by atoms with Crippen molar-refractivity contribution in [2.24, 2.45) is 5.92 Å². The predicted molar refractivity (Wildman–Crippen MR) is 109 cm³/mol. The molecule has 4 rings (SSSR count). The Labute approximate surface area is 178 Å². The van der Waals surface area contributed by atoms with Gasteiger partial charge in [-0.05, 0) is 18.6 Å². The summed E-state index contributed by atoms with van der Waals surface area (Å²) in [5.74, 6) is 1.74. The largest absolute Gasteiger partial charge is 0.454 e. The molecule has 4 atom stereocenters. The van der Waals surface area contributed by atoms with Crippen LogP contribution in [0.5, 0.6) is 17.2 Å². The molecule has 0 amide bonds. The Morgan fingerprint density at radius 1 is 1.29 bits per heavy atom. The van der Waals surface area contributed by atoms with Gasteiger partial charge in [0.25, 0.3) is 5.56 Å². The minimum absolute atomic E-state index is 0.0288. The number of hydrogen-bond donors (Lipinski definition) is 2. The molecule has 3 heterocycles. The number of benzene rings is 1. The lowest BCUT2D eigenvalue weighted by atomic mass is 10.1. The highest BCUT2D eigenvalue weighted by Crippen LogP contribution is 2.42. The third-order valence-electron chi connectivity index (χ3n) is 4.79. The molecule has 0 saturated carbocycles. The molecule has 11 nitrogen and oxygen atoms in total. The van der Waals surface area contributed by atoms with Crippen molar-refractivity contribution in [3.05, 3.63) is 51.3 Å². The summed E-state index contributed by atoms with van der Waals surface area (Å²) in [7, 11) is -1.63. The first-order valence-electron chi connectivity index (χ1n) is 9.68. The van der Waals surface area contributed by atoms with Crippen molar-refractivity contribution in [1.29, 1.82) is 0 Å². The Kier molecular flexibility index (Phi) is 6.67. The first-order chi connectivity index (χ1) is 15.0. The van der Waals surface area contributed by atoms with E-state index in [-0.39, 0.29) is 32.0 Å². The molecule has 2 N–H and O–H groups in total. The van der Waals surface area contributed by atoms with Gasteiger partial charge < -0.3 is 28.1 Å². The fourth-order valence-electron chi connectivity index (χ4n) is 3.39. The van der Waals surface area contributed by atoms with Crippen LogP contribution in [0, 0.1) is 5.92 Å². The fourth-order valence-corrected chi connectivity index (χ4v) is 4.43. The Morgan fingerprint density at radius 2 is 2.13 bits per heavy atom. The van der Waals surface area contributed by atoms with Gasteiger partial charge in [0.1, 0.15) is 18.3 Å². The molecule has 4 unspecified atom stereocenters. The Balaban J connectivity index is 1.37. The zero-order valence-corrected chi connectivity index (χ0v) is 17.6. The Morgan fingerprint density at radius 3 is 2.94 bits per heavy atom. The number of hydrogen-bond acceptors (Lipinski definition) is 9. The van der Waals surface area contributed by atoms with Gasteiger partial charge >= 0.3 is 14.2 Å². The zero-order valence-electron chi connectivity index (χ0n) is 16.7. The van der Waals surface area contributed by atoms with Crippen LogP contribution < -0.4 is 30.3 Å². The third kappa shape index (κ3) is 5.13. The molecule has 0 aliphatic carbocycles. The fraction of sp³-hybridized carbons (Fsp3) is 0.421. The predicted octanol–water partition coefficient (Wildman–Crippen LogP) is 1.30. The first kappa shape index (κ1) is 21.5. The van der Waals surface area contributed by atoms with Crippen molar-refractivity contribution >= 4 is 14.8 Å². The van der Waals surface area contributed by atoms with Crippen LogP contribution in [-0.4, -0.2) is 41.9 Å². The molecule has 1 aromatic carbocycles. The summed E-state index contributed by atoms with van der Waals surface area (Å²) in [6.45, 7) is 2.37. The van der Waals surface area contributed by atoms with Crippen LogP contribution in [0.25, 0.3) is 0 Å². The molecular formula is C19H22N3O8P. The lowest BCUT2D eigenvalue weighted by molar-refractivity contribution is -0.106. The van der Waals surface area contributed by atoms with E-state index < -0.39 is 26.0 Å². The smallest absolute Gasteiger partial charge is 0.330 e. The average Bonchev–Trinajstić information content (AvgIpc) is 3.36. The Hall–Kier alpha value is -2.72. The number of carbonyl (C=O) groups is 1. The summed E-state index contributed by atoms with van der Waals surface area (Å²) in [5, 5.41) is 2.91. The minimum atomic E-state index is -1.63. The van der Waals surface area contributed by atoms with Crippen LogP contribution >= 0.6 is 8.53 Å². The summed E-state index contributed by atoms with van der Waals surface area (Å²) < 4.78 is 29.7. The molecule has 2 aliphatic rings. The van der Waals surface area contributed by atoms with Crippen LogP contribution in [0.2, 0.25) is 0 Å². The summed E-state index contributed by atoms with van der Waals surface area (Å²) in [6.07, 6.45) is 1.99. The topological polar surface area (TPSA) is 130 Å². The van der Waals surface area contributed by atoms with Gasteiger partial charge in [0.2, 0.25) is 6.79 Å². The van der Waals surface area contributed by atoms with Gasteiger partial charge in [0, 0.05) is 24.2 Å². The standard InChI is InChI=1S/C19H22N3O8P/c1-12-8-14(29-18(12)22-6-4-17(24)21-19(22)25)10-28-31(20-5-7-23)30-13-2-3-15-16(9-13)27-11-26-15/h2-4,6-7,9,12,14,18,20H,5,8,10-11H2,1H3,(H,21,24,25). The van der Waals surface area contributed by atoms with Crippen molar-refractivity contribution < 1.29 is 28.1 Å². The average molecular weight is 451 g/mol. The molecule has 0 bridgehead atoms. The van der Waals surface area contributed by atoms with E-state index in [1.165, 1.54) is 16.8 Å². The molecule has 1 saturated heterocycles. The summed E-state index contributed by atoms with van der Waals surface area (Å²) in [4.78, 5) is 36.4. The lowest BCUT2D eigenvalue weighted by Gasteiger charge is -2.20. The molecule has 0 spiro atoms. The van der Waals surface area contributed by atoms with Crippen molar-refractivity contribution in [2.45, 2.75) is 25.7 Å². The van der Waals surface area contributed by atoms with Gasteiger partial charge in [-0.2, -0.15) is 0 Å². The number of nitrogens with zero attached hydrogens (tertiary/aromatic N) is 1. The maximum atomic E-state index is 12.1. The van der Waals surface area contributed by atoms with Crippen molar-refractivity contribution in [3.8, 4) is 17.2 Å². The summed E-state index contributed by atoms with van der Waals surface area (Å²) >= 11 is 0. The van der Waals surface area contributed by atoms with E-state index in [9.17, 15) is 14.4 Å². The maximum absolute atomic E-state index is 12.1. The van der Waals surface area contributed by atoms with Gasteiger partial charge in [-0.1, -0.05) is 6.92 Å². The summed E-state index contributed by atoms with van der Waals surface area (Å²) in [6, 6.07) is 6.43. The monoisotopic (exact) mass is 451 g/mol. The highest BCUT2D eigenvalue weighted by atomic mass is 31.2. The van der Waals surface area contributed by atoms with E-state index in [1.54, 1.807) is 18.2 Å². The number of rotatable bonds is 9. The molecular weight excluding hydrogens is 429 g/mol. The van der Waals surface area contributed by atoms with Crippen LogP contribution in [0.1, 0.15) is 19.6 Å². The van der Waals surface area contributed by atoms with Crippen LogP contribution in [-0.2, 0) is 14.1 Å². The number of H-pyrrole nitrogens is 1. The van der Waals surface area contributed by atoms with E-state index >= 15 is 0 Å². The highest BCUT2D eigenvalue weighted by Gasteiger charge is 2.35. The SMILES string of the molecule is CC1CC(COP(NCC=O)Oc2ccc3c(c2)OCO3)OC1n1ccc(=O)[nH]c1=O. The normalized spacial score (nSPS) is 22.9. The number of aldehydes is 1. The van der Waals surface area contributed by atoms with Gasteiger partial charge in [0.05, 0.1) is 19.3 Å². The van der Waals surface area contributed by atoms with Crippen molar-refractivity contribution in [2.75, 3.05) is 19.9 Å². The number of fused-ring (bicyclic) bond motifs is 1. The number of ether oxygens (including phenoxy) is 3. The molecule has 2 aliphatic heterocycles. The maximum Gasteiger partial charge on any atom is 0.330 e. The van der Waals surface area contributed by atoms with E-state index in [0.29, 0.717) is 30.0 Å². The summed E-state index contributed by atoms with van der Waals surface area (Å²) in [5.41, 5.74) is -0.980. The number of aromatic nitrogens is 2. The van der Waals surface area contributed by atoms with E-state index in [1.807, 2.05) is 6.92 Å². The molecule has 1 fully saturated rings. The van der Waals surface area contributed by atoms with E-state index in [4.69, 9.17) is 23.3 Å². The molecule has 0 radical (unpaired) electrons. The molecule has 2 aromatic rings.